The number of nitrogens with one attached hydrogen (secondary N) is 2. The molecular formula is C45H51ClN4O6Si. The van der Waals surface area contributed by atoms with Gasteiger partial charge in [0.15, 0.2) is 5.60 Å². The Morgan fingerprint density at radius 2 is 1.77 bits per heavy atom. The molecule has 57 heavy (non-hydrogen) atoms. The van der Waals surface area contributed by atoms with Crippen molar-refractivity contribution in [1.29, 1.82) is 0 Å². The monoisotopic (exact) mass is 806 g/mol. The van der Waals surface area contributed by atoms with E-state index in [9.17, 15) is 14.7 Å². The summed E-state index contributed by atoms with van der Waals surface area (Å²) in [6.45, 7) is 8.07. The molecule has 12 heteroatoms. The average Bonchev–Trinajstić information content (AvgIpc) is 3.92. The molecule has 4 heterocycles. The van der Waals surface area contributed by atoms with Crippen molar-refractivity contribution in [2.24, 2.45) is 5.92 Å². The highest BCUT2D eigenvalue weighted by Gasteiger charge is 2.66. The Kier molecular flexibility index (Phi) is 10.8. The smallest absolute Gasteiger partial charge is 0.264 e. The Morgan fingerprint density at radius 3 is 2.46 bits per heavy atom. The fourth-order valence-corrected chi connectivity index (χ4v) is 14.2. The van der Waals surface area contributed by atoms with Crippen molar-refractivity contribution in [3.8, 4) is 5.75 Å². The van der Waals surface area contributed by atoms with Gasteiger partial charge in [-0.05, 0) is 90.5 Å². The second-order valence-electron chi connectivity index (χ2n) is 16.6. The number of methoxy groups -OCH3 is 1. The summed E-state index contributed by atoms with van der Waals surface area (Å²) in [6.07, 6.45) is 1.84. The van der Waals surface area contributed by atoms with E-state index < -0.39 is 19.8 Å². The lowest BCUT2D eigenvalue weighted by molar-refractivity contribution is -0.151. The summed E-state index contributed by atoms with van der Waals surface area (Å²) in [7, 11) is -0.886. The van der Waals surface area contributed by atoms with Crippen molar-refractivity contribution in [3.05, 3.63) is 118 Å². The van der Waals surface area contributed by atoms with Crippen LogP contribution in [0, 0.1) is 5.92 Å². The fourth-order valence-electron chi connectivity index (χ4n) is 9.99. The number of hydrogen-bond donors (Lipinski definition) is 3. The first-order valence-electron chi connectivity index (χ1n) is 20.0. The van der Waals surface area contributed by atoms with Gasteiger partial charge in [-0.2, -0.15) is 0 Å². The molecule has 8 rings (SSSR count). The first-order chi connectivity index (χ1) is 27.4. The lowest BCUT2D eigenvalue weighted by Gasteiger charge is -2.39. The molecule has 0 saturated carbocycles. The molecule has 0 radical (unpaired) electrons. The second-order valence-corrected chi connectivity index (χ2v) is 21.7. The highest BCUT2D eigenvalue weighted by atomic mass is 35.5. The molecular weight excluding hydrogens is 756 g/mol. The van der Waals surface area contributed by atoms with Gasteiger partial charge in [-0.1, -0.05) is 85.3 Å². The SMILES string of the molecule is COc1ccc([Si](C)(C)[C@@H]2[C@@H](CC(=O)N3Cc4ccccc4C[C@H]3CO)O[C@]3(C(=O)N(Cc4ccc(NC(=O)[C@H]5CCCN5)cc4)c4ccc(Cl)cc43)[C@H]2C)cc1. The van der Waals surface area contributed by atoms with Crippen LogP contribution in [0.15, 0.2) is 91.0 Å². The minimum Gasteiger partial charge on any atom is -0.497 e. The first-order valence-corrected chi connectivity index (χ1v) is 23.4. The molecule has 0 bridgehead atoms. The lowest BCUT2D eigenvalue weighted by Crippen LogP contribution is -2.52. The van der Waals surface area contributed by atoms with E-state index in [1.165, 1.54) is 5.19 Å². The van der Waals surface area contributed by atoms with Crippen LogP contribution in [0.2, 0.25) is 23.7 Å². The number of rotatable bonds is 10. The number of aliphatic hydroxyl groups is 1. The summed E-state index contributed by atoms with van der Waals surface area (Å²) in [5, 5.41) is 18.4. The number of aliphatic hydroxyl groups excluding tert-OH is 1. The Bertz CT molecular complexity index is 2160. The number of carbonyl (C=O) groups excluding carboxylic acids is 3. The highest BCUT2D eigenvalue weighted by molar-refractivity contribution is 6.91. The molecule has 0 aliphatic carbocycles. The number of amides is 3. The molecule has 10 nitrogen and oxygen atoms in total. The summed E-state index contributed by atoms with van der Waals surface area (Å²) in [5.74, 6) is 0.0970. The standard InChI is InChI=1S/C45H51ClN4O6Si/c1-28-42(57(3,4)36-18-16-35(55-2)17-19-36)40(24-41(52)49-26-31-9-6-5-8-30(31)22-34(49)27-51)56-45(28)37-23-32(46)13-20-39(37)50(44(45)54)25-29-11-14-33(15-12-29)48-43(53)38-10-7-21-47-38/h5-6,8-9,11-20,23,28,34,38,40,42,47,51H,7,10,21-22,24-27H2,1-4H3,(H,48,53)/t28-,34-,38+,40+,42-,45+/m0/s1. The summed E-state index contributed by atoms with van der Waals surface area (Å²) in [6, 6.07) is 28.8. The number of fused-ring (bicyclic) bond motifs is 3. The van der Waals surface area contributed by atoms with Gasteiger partial charge in [0.2, 0.25) is 11.8 Å². The number of halogens is 1. The minimum absolute atomic E-state index is 0.0456. The van der Waals surface area contributed by atoms with Crippen molar-refractivity contribution in [1.82, 2.24) is 10.2 Å². The Labute approximate surface area is 340 Å². The quantitative estimate of drug-likeness (QED) is 0.165. The highest BCUT2D eigenvalue weighted by Crippen LogP contribution is 2.60. The number of carbonyl (C=O) groups is 3. The summed E-state index contributed by atoms with van der Waals surface area (Å²) < 4.78 is 12.8. The van der Waals surface area contributed by atoms with Crippen LogP contribution in [0.25, 0.3) is 0 Å². The van der Waals surface area contributed by atoms with E-state index in [1.807, 2.05) is 66.7 Å². The topological polar surface area (TPSA) is 120 Å². The fraction of sp³-hybridized carbons (Fsp3) is 0.400. The third kappa shape index (κ3) is 7.07. The van der Waals surface area contributed by atoms with Gasteiger partial charge >= 0.3 is 0 Å². The molecule has 6 atom stereocenters. The van der Waals surface area contributed by atoms with E-state index in [4.69, 9.17) is 21.1 Å². The molecule has 2 fully saturated rings. The van der Waals surface area contributed by atoms with Crippen molar-refractivity contribution >= 4 is 54.0 Å². The molecule has 0 unspecified atom stereocenters. The molecule has 3 amide bonds. The molecule has 3 N–H and O–H groups in total. The largest absolute Gasteiger partial charge is 0.497 e. The summed E-state index contributed by atoms with van der Waals surface area (Å²) >= 11 is 6.73. The van der Waals surface area contributed by atoms with Crippen molar-refractivity contribution in [2.75, 3.05) is 30.5 Å². The molecule has 4 aliphatic heterocycles. The van der Waals surface area contributed by atoms with Crippen molar-refractivity contribution in [3.63, 3.8) is 0 Å². The molecule has 4 aromatic rings. The average molecular weight is 807 g/mol. The second kappa shape index (κ2) is 15.7. The van der Waals surface area contributed by atoms with Crippen LogP contribution in [0.1, 0.15) is 48.4 Å². The molecule has 0 aromatic heterocycles. The predicted octanol–water partition coefficient (Wildman–Crippen LogP) is 6.14. The van der Waals surface area contributed by atoms with E-state index in [0.29, 0.717) is 29.2 Å². The van der Waals surface area contributed by atoms with Crippen LogP contribution in [-0.2, 0) is 44.2 Å². The van der Waals surface area contributed by atoms with Gasteiger partial charge in [-0.25, -0.2) is 0 Å². The van der Waals surface area contributed by atoms with Gasteiger partial charge in [0.1, 0.15) is 5.75 Å². The number of nitrogens with zero attached hydrogens (tertiary/aromatic N) is 2. The zero-order valence-electron chi connectivity index (χ0n) is 33.0. The van der Waals surface area contributed by atoms with E-state index in [2.05, 4.69) is 48.9 Å². The third-order valence-electron chi connectivity index (χ3n) is 13.0. The molecule has 4 aliphatic rings. The normalized spacial score (nSPS) is 25.4. The molecule has 298 valence electrons. The number of anilines is 2. The maximum absolute atomic E-state index is 15.3. The zero-order valence-corrected chi connectivity index (χ0v) is 34.7. The van der Waals surface area contributed by atoms with Gasteiger partial charge in [-0.3, -0.25) is 14.4 Å². The van der Waals surface area contributed by atoms with Gasteiger partial charge < -0.3 is 35.0 Å². The maximum Gasteiger partial charge on any atom is 0.264 e. The van der Waals surface area contributed by atoms with Gasteiger partial charge in [0.05, 0.1) is 58.6 Å². The van der Waals surface area contributed by atoms with Crippen LogP contribution < -0.4 is 25.5 Å². The van der Waals surface area contributed by atoms with Crippen LogP contribution >= 0.6 is 11.6 Å². The predicted molar refractivity (Wildman–Crippen MR) is 225 cm³/mol. The van der Waals surface area contributed by atoms with E-state index in [-0.39, 0.29) is 60.8 Å². The van der Waals surface area contributed by atoms with Crippen molar-refractivity contribution < 1.29 is 29.0 Å². The Balaban J connectivity index is 1.13. The van der Waals surface area contributed by atoms with E-state index in [0.717, 1.165) is 47.5 Å². The number of hydrogen-bond acceptors (Lipinski definition) is 7. The Morgan fingerprint density at radius 1 is 1.04 bits per heavy atom. The van der Waals surface area contributed by atoms with E-state index >= 15 is 4.79 Å². The zero-order chi connectivity index (χ0) is 40.1. The van der Waals surface area contributed by atoms with E-state index in [1.54, 1.807) is 23.0 Å². The van der Waals surface area contributed by atoms with Crippen LogP contribution in [0.5, 0.6) is 5.75 Å². The Hall–Kier alpha value is -4.52. The molecule has 1 spiro atoms. The molecule has 2 saturated heterocycles. The van der Waals surface area contributed by atoms with Gasteiger partial charge in [-0.15, -0.1) is 0 Å². The first kappa shape index (κ1) is 39.3. The number of benzene rings is 4. The van der Waals surface area contributed by atoms with Gasteiger partial charge in [0.25, 0.3) is 5.91 Å². The molecule has 4 aromatic carbocycles. The van der Waals surface area contributed by atoms with Crippen LogP contribution in [0.4, 0.5) is 11.4 Å². The van der Waals surface area contributed by atoms with Crippen LogP contribution in [-0.4, -0.2) is 74.3 Å². The minimum atomic E-state index is -2.53. The van der Waals surface area contributed by atoms with Crippen LogP contribution in [0.3, 0.4) is 0 Å². The summed E-state index contributed by atoms with van der Waals surface area (Å²) in [5.41, 5.74) is 3.69. The lowest BCUT2D eigenvalue weighted by atomic mass is 9.82. The maximum atomic E-state index is 15.3. The number of ether oxygens (including phenoxy) is 2. The summed E-state index contributed by atoms with van der Waals surface area (Å²) in [4.78, 5) is 46.2. The third-order valence-corrected chi connectivity index (χ3v) is 17.6. The van der Waals surface area contributed by atoms with Gasteiger partial charge in [0, 0.05) is 28.7 Å². The van der Waals surface area contributed by atoms with Crippen molar-refractivity contribution in [2.45, 2.75) is 88.1 Å².